The van der Waals surface area contributed by atoms with Gasteiger partial charge in [0.25, 0.3) is 0 Å². The first-order valence-electron chi connectivity index (χ1n) is 5.33. The van der Waals surface area contributed by atoms with Crippen molar-refractivity contribution in [3.8, 4) is 0 Å². The summed E-state index contributed by atoms with van der Waals surface area (Å²) in [4.78, 5) is 0.167. The molecule has 0 aromatic heterocycles. The molecule has 0 radical (unpaired) electrons. The first-order valence-corrected chi connectivity index (χ1v) is 7.77. The first kappa shape index (κ1) is 14.5. The Balaban J connectivity index is 2.76. The van der Waals surface area contributed by atoms with Crippen molar-refractivity contribution in [2.45, 2.75) is 18.2 Å². The standard InChI is InChI=1S/C11H16BrNO3S/c1-2-5-16-6-7-17(14,15)11-4-3-9(12)8-10(11)13/h3-4,8H,2,5-7,13H2,1H3. The van der Waals surface area contributed by atoms with Crippen LogP contribution in [0.15, 0.2) is 27.6 Å². The van der Waals surface area contributed by atoms with Crippen molar-refractivity contribution in [3.63, 3.8) is 0 Å². The zero-order valence-corrected chi connectivity index (χ0v) is 12.1. The van der Waals surface area contributed by atoms with Gasteiger partial charge in [-0.3, -0.25) is 0 Å². The topological polar surface area (TPSA) is 69.4 Å². The molecule has 1 aromatic rings. The van der Waals surface area contributed by atoms with E-state index in [-0.39, 0.29) is 22.9 Å². The fourth-order valence-corrected chi connectivity index (χ4v) is 2.96. The molecule has 1 aromatic carbocycles. The van der Waals surface area contributed by atoms with Crippen molar-refractivity contribution in [3.05, 3.63) is 22.7 Å². The molecule has 0 aliphatic rings. The third-order valence-corrected chi connectivity index (χ3v) is 4.39. The van der Waals surface area contributed by atoms with E-state index in [1.807, 2.05) is 6.92 Å². The van der Waals surface area contributed by atoms with Gasteiger partial charge in [0.05, 0.1) is 22.9 Å². The summed E-state index contributed by atoms with van der Waals surface area (Å²) in [7, 11) is -3.36. The van der Waals surface area contributed by atoms with Gasteiger partial charge >= 0.3 is 0 Å². The van der Waals surface area contributed by atoms with Crippen LogP contribution in [0.5, 0.6) is 0 Å². The normalized spacial score (nSPS) is 11.6. The Morgan fingerprint density at radius 1 is 1.35 bits per heavy atom. The summed E-state index contributed by atoms with van der Waals surface area (Å²) in [6, 6.07) is 4.75. The Bertz CT molecular complexity index is 474. The average molecular weight is 322 g/mol. The molecule has 0 spiro atoms. The highest BCUT2D eigenvalue weighted by atomic mass is 79.9. The van der Waals surface area contributed by atoms with Crippen molar-refractivity contribution in [2.24, 2.45) is 0 Å². The van der Waals surface area contributed by atoms with E-state index >= 15 is 0 Å². The highest BCUT2D eigenvalue weighted by Crippen LogP contribution is 2.23. The SMILES string of the molecule is CCCOCCS(=O)(=O)c1ccc(Br)cc1N. The van der Waals surface area contributed by atoms with E-state index in [9.17, 15) is 8.42 Å². The first-order chi connectivity index (χ1) is 7.97. The Morgan fingerprint density at radius 3 is 2.65 bits per heavy atom. The van der Waals surface area contributed by atoms with Gasteiger partial charge in [-0.05, 0) is 24.6 Å². The molecule has 1 rings (SSSR count). The molecule has 96 valence electrons. The van der Waals surface area contributed by atoms with Gasteiger partial charge in [-0.1, -0.05) is 22.9 Å². The second-order valence-corrected chi connectivity index (χ2v) is 6.61. The van der Waals surface area contributed by atoms with Gasteiger partial charge in [-0.25, -0.2) is 8.42 Å². The average Bonchev–Trinajstić information content (AvgIpc) is 2.24. The molecule has 6 heteroatoms. The van der Waals surface area contributed by atoms with Crippen LogP contribution in [0.1, 0.15) is 13.3 Å². The van der Waals surface area contributed by atoms with Gasteiger partial charge in [-0.15, -0.1) is 0 Å². The van der Waals surface area contributed by atoms with Gasteiger partial charge < -0.3 is 10.5 Å². The molecule has 0 saturated carbocycles. The van der Waals surface area contributed by atoms with Crippen LogP contribution in [-0.4, -0.2) is 27.4 Å². The quantitative estimate of drug-likeness (QED) is 0.644. The summed E-state index contributed by atoms with van der Waals surface area (Å²) in [6.07, 6.45) is 0.875. The Hall–Kier alpha value is -0.590. The molecule has 0 heterocycles. The number of rotatable bonds is 6. The van der Waals surface area contributed by atoms with Crippen LogP contribution in [0.4, 0.5) is 5.69 Å². The largest absolute Gasteiger partial charge is 0.398 e. The van der Waals surface area contributed by atoms with E-state index in [2.05, 4.69) is 15.9 Å². The molecule has 0 aliphatic carbocycles. The van der Waals surface area contributed by atoms with Crippen LogP contribution < -0.4 is 5.73 Å². The van der Waals surface area contributed by atoms with E-state index in [1.54, 1.807) is 12.1 Å². The number of anilines is 1. The van der Waals surface area contributed by atoms with Crippen molar-refractivity contribution < 1.29 is 13.2 Å². The summed E-state index contributed by atoms with van der Waals surface area (Å²) in [5, 5.41) is 0. The molecule has 0 amide bonds. The van der Waals surface area contributed by atoms with Crippen molar-refractivity contribution >= 4 is 31.5 Å². The number of ether oxygens (including phenoxy) is 1. The lowest BCUT2D eigenvalue weighted by Crippen LogP contribution is -2.14. The molecule has 0 atom stereocenters. The number of hydrogen-bond acceptors (Lipinski definition) is 4. The zero-order chi connectivity index (χ0) is 12.9. The fraction of sp³-hybridized carbons (Fsp3) is 0.455. The summed E-state index contributed by atoms with van der Waals surface area (Å²) in [6.45, 7) is 2.75. The number of benzene rings is 1. The van der Waals surface area contributed by atoms with E-state index in [1.165, 1.54) is 6.07 Å². The second-order valence-electron chi connectivity index (χ2n) is 3.61. The monoisotopic (exact) mass is 321 g/mol. The minimum absolute atomic E-state index is 0.0428. The zero-order valence-electron chi connectivity index (χ0n) is 9.65. The maximum atomic E-state index is 12.0. The highest BCUT2D eigenvalue weighted by Gasteiger charge is 2.17. The number of hydrogen-bond donors (Lipinski definition) is 1. The molecule has 0 unspecified atom stereocenters. The van der Waals surface area contributed by atoms with Crippen LogP contribution in [0.2, 0.25) is 0 Å². The van der Waals surface area contributed by atoms with E-state index in [0.717, 1.165) is 10.9 Å². The molecule has 0 bridgehead atoms. The summed E-state index contributed by atoms with van der Waals surface area (Å²) < 4.78 is 29.8. The molecule has 0 aliphatic heterocycles. The summed E-state index contributed by atoms with van der Waals surface area (Å²) in [5.74, 6) is -0.0428. The number of halogens is 1. The fourth-order valence-electron chi connectivity index (χ4n) is 1.33. The summed E-state index contributed by atoms with van der Waals surface area (Å²) in [5.41, 5.74) is 5.95. The third kappa shape index (κ3) is 4.29. The van der Waals surface area contributed by atoms with Gasteiger partial charge in [0.15, 0.2) is 9.84 Å². The Kier molecular flexibility index (Phi) is 5.42. The van der Waals surface area contributed by atoms with Gasteiger partial charge in [-0.2, -0.15) is 0 Å². The van der Waals surface area contributed by atoms with Crippen LogP contribution in [-0.2, 0) is 14.6 Å². The van der Waals surface area contributed by atoms with Crippen LogP contribution >= 0.6 is 15.9 Å². The minimum Gasteiger partial charge on any atom is -0.398 e. The number of sulfone groups is 1. The molecular formula is C11H16BrNO3S. The molecule has 0 fully saturated rings. The maximum Gasteiger partial charge on any atom is 0.182 e. The molecule has 0 saturated heterocycles. The molecule has 2 N–H and O–H groups in total. The van der Waals surface area contributed by atoms with Gasteiger partial charge in [0, 0.05) is 11.1 Å². The van der Waals surface area contributed by atoms with Crippen LogP contribution in [0, 0.1) is 0 Å². The lowest BCUT2D eigenvalue weighted by molar-refractivity contribution is 0.149. The predicted octanol–water partition coefficient (Wildman–Crippen LogP) is 2.23. The maximum absolute atomic E-state index is 12.0. The molecule has 17 heavy (non-hydrogen) atoms. The van der Waals surface area contributed by atoms with Crippen molar-refractivity contribution in [1.82, 2.24) is 0 Å². The van der Waals surface area contributed by atoms with E-state index in [4.69, 9.17) is 10.5 Å². The van der Waals surface area contributed by atoms with Gasteiger partial charge in [0.2, 0.25) is 0 Å². The lowest BCUT2D eigenvalue weighted by atomic mass is 10.3. The van der Waals surface area contributed by atoms with E-state index in [0.29, 0.717) is 6.61 Å². The number of nitrogens with two attached hydrogens (primary N) is 1. The minimum atomic E-state index is -3.36. The molecular weight excluding hydrogens is 306 g/mol. The van der Waals surface area contributed by atoms with Crippen LogP contribution in [0.3, 0.4) is 0 Å². The van der Waals surface area contributed by atoms with Crippen LogP contribution in [0.25, 0.3) is 0 Å². The molecule has 4 nitrogen and oxygen atoms in total. The van der Waals surface area contributed by atoms with Gasteiger partial charge in [0.1, 0.15) is 0 Å². The highest BCUT2D eigenvalue weighted by molar-refractivity contribution is 9.10. The third-order valence-electron chi connectivity index (χ3n) is 2.15. The Labute approximate surface area is 110 Å². The van der Waals surface area contributed by atoms with Crippen molar-refractivity contribution in [2.75, 3.05) is 24.7 Å². The van der Waals surface area contributed by atoms with Crippen molar-refractivity contribution in [1.29, 1.82) is 0 Å². The smallest absolute Gasteiger partial charge is 0.182 e. The van der Waals surface area contributed by atoms with E-state index < -0.39 is 9.84 Å². The number of nitrogen functional groups attached to an aromatic ring is 1. The lowest BCUT2D eigenvalue weighted by Gasteiger charge is -2.08. The predicted molar refractivity (Wildman–Crippen MR) is 71.7 cm³/mol. The second kappa shape index (κ2) is 6.37. The summed E-state index contributed by atoms with van der Waals surface area (Å²) >= 11 is 3.24. The Morgan fingerprint density at radius 2 is 2.06 bits per heavy atom.